The topological polar surface area (TPSA) is 81.7 Å². The number of carbonyl (C=O) groups excluding carboxylic acids is 1. The Bertz CT molecular complexity index is 1090. The van der Waals surface area contributed by atoms with E-state index in [-0.39, 0.29) is 29.1 Å². The third-order valence-corrected chi connectivity index (χ3v) is 6.05. The van der Waals surface area contributed by atoms with Gasteiger partial charge in [-0.05, 0) is 42.3 Å². The van der Waals surface area contributed by atoms with Crippen LogP contribution in [0.1, 0.15) is 29.2 Å². The molecule has 0 radical (unpaired) electrons. The van der Waals surface area contributed by atoms with E-state index in [2.05, 4.69) is 5.32 Å². The van der Waals surface area contributed by atoms with E-state index in [0.717, 1.165) is 16.7 Å². The molecular weight excluding hydrogens is 414 g/mol. The molecule has 7 heteroatoms. The van der Waals surface area contributed by atoms with E-state index < -0.39 is 10.1 Å². The van der Waals surface area contributed by atoms with Crippen molar-refractivity contribution in [3.8, 4) is 5.75 Å². The third kappa shape index (κ3) is 6.41. The van der Waals surface area contributed by atoms with E-state index in [0.29, 0.717) is 6.54 Å². The lowest BCUT2D eigenvalue weighted by Gasteiger charge is -2.19. The second-order valence-electron chi connectivity index (χ2n) is 7.12. The van der Waals surface area contributed by atoms with Gasteiger partial charge < -0.3 is 14.2 Å². The Morgan fingerprint density at radius 2 is 1.58 bits per heavy atom. The number of aryl methyl sites for hydroxylation is 1. The largest absolute Gasteiger partial charge is 0.469 e. The zero-order valence-electron chi connectivity index (χ0n) is 17.4. The molecule has 0 heterocycles. The normalized spacial score (nSPS) is 12.2. The summed E-state index contributed by atoms with van der Waals surface area (Å²) in [5.41, 5.74) is 2.87. The monoisotopic (exact) mass is 439 g/mol. The van der Waals surface area contributed by atoms with Gasteiger partial charge in [-0.15, -0.1) is 0 Å². The van der Waals surface area contributed by atoms with Crippen molar-refractivity contribution < 1.29 is 22.1 Å². The summed E-state index contributed by atoms with van der Waals surface area (Å²) in [6, 6.07) is 22.6. The number of rotatable bonds is 9. The lowest BCUT2D eigenvalue weighted by molar-refractivity contribution is -0.141. The summed E-state index contributed by atoms with van der Waals surface area (Å²) in [7, 11) is -2.57. The number of hydrogen-bond donors (Lipinski definition) is 1. The Morgan fingerprint density at radius 3 is 2.19 bits per heavy atom. The number of esters is 1. The summed E-state index contributed by atoms with van der Waals surface area (Å²) in [6.07, 6.45) is 0.144. The van der Waals surface area contributed by atoms with Crippen LogP contribution in [0.25, 0.3) is 0 Å². The minimum atomic E-state index is -3.92. The molecule has 0 amide bonds. The highest BCUT2D eigenvalue weighted by atomic mass is 32.2. The maximum atomic E-state index is 12.5. The highest BCUT2D eigenvalue weighted by molar-refractivity contribution is 7.87. The molecule has 162 valence electrons. The van der Waals surface area contributed by atoms with Crippen LogP contribution >= 0.6 is 0 Å². The molecule has 0 aliphatic heterocycles. The van der Waals surface area contributed by atoms with Gasteiger partial charge in [0.05, 0.1) is 13.5 Å². The van der Waals surface area contributed by atoms with Gasteiger partial charge in [0.15, 0.2) is 0 Å². The van der Waals surface area contributed by atoms with Gasteiger partial charge in [0.25, 0.3) is 0 Å². The molecule has 0 aromatic heterocycles. The first-order valence-electron chi connectivity index (χ1n) is 9.82. The molecule has 3 rings (SSSR count). The Labute approximate surface area is 183 Å². The van der Waals surface area contributed by atoms with Gasteiger partial charge in [-0.25, -0.2) is 0 Å². The fourth-order valence-corrected chi connectivity index (χ4v) is 3.96. The van der Waals surface area contributed by atoms with E-state index >= 15 is 0 Å². The van der Waals surface area contributed by atoms with Gasteiger partial charge in [-0.1, -0.05) is 60.2 Å². The molecule has 0 bridgehead atoms. The molecule has 3 aromatic carbocycles. The van der Waals surface area contributed by atoms with Gasteiger partial charge in [-0.3, -0.25) is 4.79 Å². The minimum absolute atomic E-state index is 0.0928. The smallest absolute Gasteiger partial charge is 0.339 e. The number of ether oxygens (including phenoxy) is 1. The predicted molar refractivity (Wildman–Crippen MR) is 118 cm³/mol. The standard InChI is InChI=1S/C24H25NO5S/c1-18-8-14-22(15-9-18)31(27,28)30-21-12-10-20(11-13-21)23(16-24(26)29-2)25-17-19-6-4-3-5-7-19/h3-15,23,25H,16-17H2,1-2H3. The van der Waals surface area contributed by atoms with Crippen LogP contribution in [0.4, 0.5) is 0 Å². The van der Waals surface area contributed by atoms with Crippen molar-refractivity contribution in [2.75, 3.05) is 7.11 Å². The molecule has 0 aliphatic carbocycles. The van der Waals surface area contributed by atoms with Crippen LogP contribution in [0, 0.1) is 6.92 Å². The molecule has 6 nitrogen and oxygen atoms in total. The van der Waals surface area contributed by atoms with Crippen LogP contribution in [-0.4, -0.2) is 21.5 Å². The zero-order chi connectivity index (χ0) is 22.3. The van der Waals surface area contributed by atoms with Crippen molar-refractivity contribution in [1.29, 1.82) is 0 Å². The Kier molecular flexibility index (Phi) is 7.44. The van der Waals surface area contributed by atoms with Crippen molar-refractivity contribution in [2.45, 2.75) is 30.8 Å². The van der Waals surface area contributed by atoms with E-state index in [4.69, 9.17) is 8.92 Å². The van der Waals surface area contributed by atoms with Crippen LogP contribution in [0.5, 0.6) is 5.75 Å². The number of methoxy groups -OCH3 is 1. The molecule has 1 unspecified atom stereocenters. The second kappa shape index (κ2) is 10.2. The minimum Gasteiger partial charge on any atom is -0.469 e. The Balaban J connectivity index is 1.73. The van der Waals surface area contributed by atoms with Crippen LogP contribution in [0.2, 0.25) is 0 Å². The van der Waals surface area contributed by atoms with Crippen LogP contribution in [-0.2, 0) is 26.2 Å². The summed E-state index contributed by atoms with van der Waals surface area (Å²) in [6.45, 7) is 2.45. The molecule has 1 atom stereocenters. The maximum absolute atomic E-state index is 12.5. The molecule has 1 N–H and O–H groups in total. The highest BCUT2D eigenvalue weighted by Crippen LogP contribution is 2.24. The summed E-state index contributed by atoms with van der Waals surface area (Å²) in [5.74, 6) is -0.142. The summed E-state index contributed by atoms with van der Waals surface area (Å²) in [5, 5.41) is 3.36. The van der Waals surface area contributed by atoms with E-state index in [1.54, 1.807) is 36.4 Å². The van der Waals surface area contributed by atoms with Crippen LogP contribution in [0.15, 0.2) is 83.8 Å². The zero-order valence-corrected chi connectivity index (χ0v) is 18.3. The molecule has 31 heavy (non-hydrogen) atoms. The predicted octanol–water partition coefficient (Wildman–Crippen LogP) is 4.16. The molecule has 3 aromatic rings. The number of hydrogen-bond acceptors (Lipinski definition) is 6. The number of nitrogens with one attached hydrogen (secondary N) is 1. The van der Waals surface area contributed by atoms with Crippen molar-refractivity contribution in [1.82, 2.24) is 5.32 Å². The van der Waals surface area contributed by atoms with Gasteiger partial charge >= 0.3 is 16.1 Å². The van der Waals surface area contributed by atoms with E-state index in [1.165, 1.54) is 19.2 Å². The van der Waals surface area contributed by atoms with Crippen molar-refractivity contribution in [2.24, 2.45) is 0 Å². The average molecular weight is 440 g/mol. The fraction of sp³-hybridized carbons (Fsp3) is 0.208. The van der Waals surface area contributed by atoms with Gasteiger partial charge in [0, 0.05) is 12.6 Å². The SMILES string of the molecule is COC(=O)CC(NCc1ccccc1)c1ccc(OS(=O)(=O)c2ccc(C)cc2)cc1. The van der Waals surface area contributed by atoms with Gasteiger partial charge in [0.2, 0.25) is 0 Å². The van der Waals surface area contributed by atoms with Crippen molar-refractivity contribution >= 4 is 16.1 Å². The second-order valence-corrected chi connectivity index (χ2v) is 8.67. The van der Waals surface area contributed by atoms with Crippen LogP contribution < -0.4 is 9.50 Å². The number of benzene rings is 3. The summed E-state index contributed by atoms with van der Waals surface area (Å²) < 4.78 is 35.0. The highest BCUT2D eigenvalue weighted by Gasteiger charge is 2.19. The Hall–Kier alpha value is -3.16. The fourth-order valence-electron chi connectivity index (χ4n) is 3.03. The first-order valence-corrected chi connectivity index (χ1v) is 11.2. The molecule has 0 saturated carbocycles. The van der Waals surface area contributed by atoms with E-state index in [9.17, 15) is 13.2 Å². The average Bonchev–Trinajstić information content (AvgIpc) is 2.78. The summed E-state index contributed by atoms with van der Waals surface area (Å²) in [4.78, 5) is 12.0. The van der Waals surface area contributed by atoms with Crippen molar-refractivity contribution in [3.63, 3.8) is 0 Å². The number of carbonyl (C=O) groups is 1. The molecule has 0 fully saturated rings. The molecule has 0 spiro atoms. The van der Waals surface area contributed by atoms with Crippen LogP contribution in [0.3, 0.4) is 0 Å². The lowest BCUT2D eigenvalue weighted by Crippen LogP contribution is -2.24. The van der Waals surface area contributed by atoms with E-state index in [1.807, 2.05) is 37.3 Å². The maximum Gasteiger partial charge on any atom is 0.339 e. The first kappa shape index (κ1) is 22.5. The molecule has 0 aliphatic rings. The Morgan fingerprint density at radius 1 is 0.935 bits per heavy atom. The van der Waals surface area contributed by atoms with Gasteiger partial charge in [0.1, 0.15) is 10.6 Å². The molecule has 0 saturated heterocycles. The summed E-state index contributed by atoms with van der Waals surface area (Å²) >= 11 is 0. The van der Waals surface area contributed by atoms with Gasteiger partial charge in [-0.2, -0.15) is 8.42 Å². The first-order chi connectivity index (χ1) is 14.9. The third-order valence-electron chi connectivity index (χ3n) is 4.79. The quantitative estimate of drug-likeness (QED) is 0.398. The van der Waals surface area contributed by atoms with Crippen molar-refractivity contribution in [3.05, 3.63) is 95.6 Å². The lowest BCUT2D eigenvalue weighted by atomic mass is 10.0. The molecular formula is C24H25NO5S.